The number of aryl methyl sites for hydroxylation is 1. The van der Waals surface area contributed by atoms with Crippen LogP contribution < -0.4 is 4.74 Å². The van der Waals surface area contributed by atoms with Gasteiger partial charge in [-0.05, 0) is 36.1 Å². The van der Waals surface area contributed by atoms with E-state index < -0.39 is 0 Å². The van der Waals surface area contributed by atoms with Crippen LogP contribution >= 0.6 is 0 Å². The molecule has 0 bridgehead atoms. The highest BCUT2D eigenvalue weighted by Gasteiger charge is 2.20. The standard InChI is InChI=1S/C15H17NO4/c1-18-9-13-7-11(16-20-13)8-19-12-3-4-14-10(6-12)2-5-15(14)17/h3-4,6-7,15,17H,2,5,8-9H2,1H3/t15-/m1/s1. The third kappa shape index (κ3) is 2.69. The van der Waals surface area contributed by atoms with Crippen LogP contribution in [0.3, 0.4) is 0 Å². The molecule has 3 rings (SSSR count). The van der Waals surface area contributed by atoms with Crippen molar-refractivity contribution in [3.63, 3.8) is 0 Å². The van der Waals surface area contributed by atoms with Crippen molar-refractivity contribution in [3.05, 3.63) is 46.8 Å². The van der Waals surface area contributed by atoms with Gasteiger partial charge in [-0.3, -0.25) is 0 Å². The number of aliphatic hydroxyl groups is 1. The molecule has 1 heterocycles. The lowest BCUT2D eigenvalue weighted by Crippen LogP contribution is -1.97. The summed E-state index contributed by atoms with van der Waals surface area (Å²) in [5.41, 5.74) is 2.91. The average molecular weight is 275 g/mol. The number of ether oxygens (including phenoxy) is 2. The fraction of sp³-hybridized carbons (Fsp3) is 0.400. The number of hydrogen-bond acceptors (Lipinski definition) is 5. The molecule has 1 atom stereocenters. The lowest BCUT2D eigenvalue weighted by molar-refractivity contribution is 0.155. The predicted molar refractivity (Wildman–Crippen MR) is 71.3 cm³/mol. The second-order valence-electron chi connectivity index (χ2n) is 4.92. The van der Waals surface area contributed by atoms with Crippen LogP contribution in [-0.4, -0.2) is 17.4 Å². The number of benzene rings is 1. The molecule has 0 unspecified atom stereocenters. The van der Waals surface area contributed by atoms with Crippen LogP contribution in [-0.2, 0) is 24.4 Å². The van der Waals surface area contributed by atoms with Gasteiger partial charge in [-0.25, -0.2) is 0 Å². The molecule has 106 valence electrons. The summed E-state index contributed by atoms with van der Waals surface area (Å²) in [7, 11) is 1.61. The minimum Gasteiger partial charge on any atom is -0.487 e. The minimum absolute atomic E-state index is 0.328. The lowest BCUT2D eigenvalue weighted by atomic mass is 10.1. The topological polar surface area (TPSA) is 64.7 Å². The highest BCUT2D eigenvalue weighted by molar-refractivity contribution is 5.39. The summed E-state index contributed by atoms with van der Waals surface area (Å²) in [4.78, 5) is 0. The highest BCUT2D eigenvalue weighted by atomic mass is 16.5. The number of methoxy groups -OCH3 is 1. The normalized spacial score (nSPS) is 17.2. The third-order valence-corrected chi connectivity index (χ3v) is 3.44. The molecule has 0 spiro atoms. The molecule has 1 aromatic heterocycles. The van der Waals surface area contributed by atoms with E-state index in [1.165, 1.54) is 0 Å². The van der Waals surface area contributed by atoms with Crippen LogP contribution in [0.15, 0.2) is 28.8 Å². The molecule has 0 aliphatic heterocycles. The van der Waals surface area contributed by atoms with Crippen LogP contribution in [0.1, 0.15) is 35.1 Å². The lowest BCUT2D eigenvalue weighted by Gasteiger charge is -2.07. The second kappa shape index (κ2) is 5.64. The van der Waals surface area contributed by atoms with Gasteiger partial charge in [0.25, 0.3) is 0 Å². The van der Waals surface area contributed by atoms with E-state index in [4.69, 9.17) is 14.0 Å². The summed E-state index contributed by atoms with van der Waals surface area (Å²) in [6, 6.07) is 7.62. The third-order valence-electron chi connectivity index (χ3n) is 3.44. The molecule has 1 aliphatic rings. The van der Waals surface area contributed by atoms with Gasteiger partial charge in [-0.2, -0.15) is 0 Å². The molecule has 20 heavy (non-hydrogen) atoms. The Kier molecular flexibility index (Phi) is 3.71. The maximum Gasteiger partial charge on any atom is 0.162 e. The number of aromatic nitrogens is 1. The molecular weight excluding hydrogens is 258 g/mol. The maximum atomic E-state index is 9.76. The Morgan fingerprint density at radius 2 is 2.25 bits per heavy atom. The van der Waals surface area contributed by atoms with Gasteiger partial charge in [0.05, 0.1) is 6.10 Å². The van der Waals surface area contributed by atoms with Crippen molar-refractivity contribution in [1.82, 2.24) is 5.16 Å². The first kappa shape index (κ1) is 13.1. The van der Waals surface area contributed by atoms with Crippen molar-refractivity contribution in [2.75, 3.05) is 7.11 Å². The number of hydrogen-bond donors (Lipinski definition) is 1. The zero-order valence-electron chi connectivity index (χ0n) is 11.3. The van der Waals surface area contributed by atoms with Crippen molar-refractivity contribution in [2.45, 2.75) is 32.2 Å². The van der Waals surface area contributed by atoms with Crippen LogP contribution in [0, 0.1) is 0 Å². The molecule has 1 N–H and O–H groups in total. The van der Waals surface area contributed by atoms with Crippen LogP contribution in [0.2, 0.25) is 0 Å². The predicted octanol–water partition coefficient (Wildman–Crippen LogP) is 2.38. The molecule has 1 aliphatic carbocycles. The molecule has 0 radical (unpaired) electrons. The Balaban J connectivity index is 1.63. The van der Waals surface area contributed by atoms with E-state index in [9.17, 15) is 5.11 Å². The van der Waals surface area contributed by atoms with Gasteiger partial charge in [-0.15, -0.1) is 0 Å². The van der Waals surface area contributed by atoms with Crippen LogP contribution in [0.4, 0.5) is 0 Å². The van der Waals surface area contributed by atoms with Crippen molar-refractivity contribution < 1.29 is 19.1 Å². The molecule has 5 nitrogen and oxygen atoms in total. The Labute approximate surface area is 117 Å². The van der Waals surface area contributed by atoms with Crippen molar-refractivity contribution in [3.8, 4) is 5.75 Å². The van der Waals surface area contributed by atoms with E-state index in [1.54, 1.807) is 7.11 Å². The summed E-state index contributed by atoms with van der Waals surface area (Å²) in [5, 5.41) is 13.7. The maximum absolute atomic E-state index is 9.76. The zero-order chi connectivity index (χ0) is 13.9. The Hall–Kier alpha value is -1.85. The van der Waals surface area contributed by atoms with E-state index in [0.717, 1.165) is 35.4 Å². The quantitative estimate of drug-likeness (QED) is 0.907. The number of rotatable bonds is 5. The first-order valence-electron chi connectivity index (χ1n) is 6.63. The van der Waals surface area contributed by atoms with Gasteiger partial charge >= 0.3 is 0 Å². The monoisotopic (exact) mass is 275 g/mol. The summed E-state index contributed by atoms with van der Waals surface area (Å²) < 4.78 is 15.8. The van der Waals surface area contributed by atoms with Gasteiger partial charge in [0, 0.05) is 13.2 Å². The van der Waals surface area contributed by atoms with E-state index in [0.29, 0.717) is 19.0 Å². The first-order valence-corrected chi connectivity index (χ1v) is 6.63. The molecule has 0 saturated heterocycles. The fourth-order valence-corrected chi connectivity index (χ4v) is 2.45. The zero-order valence-corrected chi connectivity index (χ0v) is 11.3. The van der Waals surface area contributed by atoms with E-state index in [1.807, 2.05) is 24.3 Å². The summed E-state index contributed by atoms with van der Waals surface area (Å²) in [6.45, 7) is 0.762. The van der Waals surface area contributed by atoms with Crippen molar-refractivity contribution >= 4 is 0 Å². The number of aliphatic hydroxyl groups excluding tert-OH is 1. The highest BCUT2D eigenvalue weighted by Crippen LogP contribution is 2.33. The first-order chi connectivity index (χ1) is 9.76. The van der Waals surface area contributed by atoms with E-state index in [2.05, 4.69) is 5.16 Å². The van der Waals surface area contributed by atoms with Gasteiger partial charge < -0.3 is 19.1 Å². The van der Waals surface area contributed by atoms with E-state index in [-0.39, 0.29) is 6.10 Å². The largest absolute Gasteiger partial charge is 0.487 e. The van der Waals surface area contributed by atoms with Crippen molar-refractivity contribution in [1.29, 1.82) is 0 Å². The van der Waals surface area contributed by atoms with Crippen LogP contribution in [0.5, 0.6) is 5.75 Å². The number of fused-ring (bicyclic) bond motifs is 1. The molecule has 0 fully saturated rings. The molecular formula is C15H17NO4. The molecule has 2 aromatic rings. The minimum atomic E-state index is -0.328. The van der Waals surface area contributed by atoms with Gasteiger partial charge in [0.2, 0.25) is 0 Å². The summed E-state index contributed by atoms with van der Waals surface area (Å²) >= 11 is 0. The molecule has 0 amide bonds. The summed E-state index contributed by atoms with van der Waals surface area (Å²) in [5.74, 6) is 1.47. The molecule has 5 heteroatoms. The SMILES string of the molecule is COCc1cc(COc2ccc3c(c2)CC[C@H]3O)no1. The Morgan fingerprint density at radius 1 is 1.35 bits per heavy atom. The summed E-state index contributed by atoms with van der Waals surface area (Å²) in [6.07, 6.45) is 1.36. The van der Waals surface area contributed by atoms with Crippen LogP contribution in [0.25, 0.3) is 0 Å². The smallest absolute Gasteiger partial charge is 0.162 e. The second-order valence-corrected chi connectivity index (χ2v) is 4.92. The molecule has 1 aromatic carbocycles. The Bertz CT molecular complexity index is 593. The van der Waals surface area contributed by atoms with Crippen molar-refractivity contribution in [2.24, 2.45) is 0 Å². The number of nitrogens with zero attached hydrogens (tertiary/aromatic N) is 1. The molecule has 0 saturated carbocycles. The van der Waals surface area contributed by atoms with Gasteiger partial charge in [0.15, 0.2) is 5.76 Å². The fourth-order valence-electron chi connectivity index (χ4n) is 2.45. The van der Waals surface area contributed by atoms with Gasteiger partial charge in [0.1, 0.15) is 24.7 Å². The Morgan fingerprint density at radius 3 is 3.10 bits per heavy atom. The van der Waals surface area contributed by atoms with Gasteiger partial charge in [-0.1, -0.05) is 11.2 Å². The van der Waals surface area contributed by atoms with E-state index >= 15 is 0 Å². The average Bonchev–Trinajstić information content (AvgIpc) is 3.04.